The molecule has 0 radical (unpaired) electrons. The van der Waals surface area contributed by atoms with E-state index in [1.54, 1.807) is 23.5 Å². The summed E-state index contributed by atoms with van der Waals surface area (Å²) in [5, 5.41) is 2.04. The third kappa shape index (κ3) is 3.32. The first kappa shape index (κ1) is 19.2. The number of thiophene rings is 1. The van der Waals surface area contributed by atoms with Gasteiger partial charge in [-0.05, 0) is 60.4 Å². The lowest BCUT2D eigenvalue weighted by Crippen LogP contribution is -2.44. The van der Waals surface area contributed by atoms with E-state index >= 15 is 0 Å². The maximum atomic E-state index is 13.2. The molecule has 29 heavy (non-hydrogen) atoms. The molecule has 0 saturated carbocycles. The number of anilines is 1. The summed E-state index contributed by atoms with van der Waals surface area (Å²) < 4.78 is 34.8. The van der Waals surface area contributed by atoms with Crippen LogP contribution in [0.15, 0.2) is 34.5 Å². The van der Waals surface area contributed by atoms with Crippen LogP contribution in [-0.4, -0.2) is 40.6 Å². The molecule has 8 heteroatoms. The second kappa shape index (κ2) is 7.19. The highest BCUT2D eigenvalue weighted by Crippen LogP contribution is 2.39. The van der Waals surface area contributed by atoms with Crippen LogP contribution in [0.3, 0.4) is 0 Å². The van der Waals surface area contributed by atoms with Crippen molar-refractivity contribution in [3.63, 3.8) is 0 Å². The number of ether oxygens (including phenoxy) is 1. The monoisotopic (exact) mass is 432 g/mol. The van der Waals surface area contributed by atoms with Crippen LogP contribution in [0.25, 0.3) is 0 Å². The fraction of sp³-hybridized carbons (Fsp3) is 0.476. The van der Waals surface area contributed by atoms with E-state index in [1.165, 1.54) is 4.88 Å². The summed E-state index contributed by atoms with van der Waals surface area (Å²) in [6.45, 7) is 2.31. The molecular formula is C21H24N2O4S2. The number of hydrogen-bond acceptors (Lipinski definition) is 5. The Bertz CT molecular complexity index is 1040. The molecule has 1 aromatic carbocycles. The molecule has 0 aliphatic carbocycles. The van der Waals surface area contributed by atoms with Gasteiger partial charge in [-0.2, -0.15) is 0 Å². The zero-order chi connectivity index (χ0) is 20.1. The molecule has 1 N–H and O–H groups in total. The minimum absolute atomic E-state index is 0.141. The number of carbonyl (C=O) groups is 1. The van der Waals surface area contributed by atoms with Crippen molar-refractivity contribution in [3.8, 4) is 0 Å². The first-order valence-electron chi connectivity index (χ1n) is 10.1. The van der Waals surface area contributed by atoms with Crippen molar-refractivity contribution in [1.29, 1.82) is 0 Å². The first-order chi connectivity index (χ1) is 14.0. The molecule has 1 amide bonds. The number of benzene rings is 1. The van der Waals surface area contributed by atoms with E-state index in [-0.39, 0.29) is 11.3 Å². The van der Waals surface area contributed by atoms with Crippen LogP contribution in [0.5, 0.6) is 0 Å². The smallest absolute Gasteiger partial charge is 0.240 e. The highest BCUT2D eigenvalue weighted by Gasteiger charge is 2.37. The van der Waals surface area contributed by atoms with Gasteiger partial charge in [-0.15, -0.1) is 11.3 Å². The quantitative estimate of drug-likeness (QED) is 0.788. The summed E-state index contributed by atoms with van der Waals surface area (Å²) in [7, 11) is -3.64. The van der Waals surface area contributed by atoms with Gasteiger partial charge in [-0.3, -0.25) is 4.79 Å². The van der Waals surface area contributed by atoms with Gasteiger partial charge >= 0.3 is 0 Å². The molecular weight excluding hydrogens is 408 g/mol. The number of amides is 1. The van der Waals surface area contributed by atoms with Gasteiger partial charge in [0.1, 0.15) is 0 Å². The highest BCUT2D eigenvalue weighted by molar-refractivity contribution is 7.89. The first-order valence-corrected chi connectivity index (χ1v) is 12.4. The number of nitrogens with zero attached hydrogens (tertiary/aromatic N) is 1. The Hall–Kier alpha value is -1.74. The van der Waals surface area contributed by atoms with Gasteiger partial charge in [0, 0.05) is 43.0 Å². The maximum Gasteiger partial charge on any atom is 0.240 e. The van der Waals surface area contributed by atoms with Crippen molar-refractivity contribution >= 4 is 33.0 Å². The molecule has 1 saturated heterocycles. The standard InChI is InChI=1S/C21H24N2O4S2/c24-19-4-3-15-12-17(13-16-5-8-23(19)20(15)16)29(25,26)22-14-21(6-9-27-10-7-21)18-2-1-11-28-18/h1-2,11-13,22H,3-10,14H2. The molecule has 1 fully saturated rings. The lowest BCUT2D eigenvalue weighted by atomic mass is 9.79. The molecule has 0 bridgehead atoms. The number of nitrogens with one attached hydrogen (secondary N) is 1. The van der Waals surface area contributed by atoms with E-state index in [0.29, 0.717) is 50.5 Å². The largest absolute Gasteiger partial charge is 0.381 e. The van der Waals surface area contributed by atoms with E-state index in [1.807, 2.05) is 16.3 Å². The fourth-order valence-corrected chi connectivity index (χ4v) is 6.97. The fourth-order valence-electron chi connectivity index (χ4n) is 4.75. The minimum Gasteiger partial charge on any atom is -0.381 e. The van der Waals surface area contributed by atoms with Crippen LogP contribution in [0, 0.1) is 0 Å². The lowest BCUT2D eigenvalue weighted by Gasteiger charge is -2.36. The molecule has 1 aromatic heterocycles. The predicted octanol–water partition coefficient (Wildman–Crippen LogP) is 2.61. The van der Waals surface area contributed by atoms with Gasteiger partial charge in [0.15, 0.2) is 0 Å². The zero-order valence-electron chi connectivity index (χ0n) is 16.1. The van der Waals surface area contributed by atoms with Crippen molar-refractivity contribution in [1.82, 2.24) is 4.72 Å². The second-order valence-corrected chi connectivity index (χ2v) is 10.8. The number of rotatable bonds is 5. The van der Waals surface area contributed by atoms with E-state index in [9.17, 15) is 13.2 Å². The van der Waals surface area contributed by atoms with Gasteiger partial charge in [0.05, 0.1) is 10.6 Å². The Morgan fingerprint density at radius 1 is 1.14 bits per heavy atom. The van der Waals surface area contributed by atoms with Gasteiger partial charge in [0.25, 0.3) is 0 Å². The third-order valence-corrected chi connectivity index (χ3v) is 8.93. The molecule has 5 rings (SSSR count). The van der Waals surface area contributed by atoms with E-state index in [4.69, 9.17) is 4.74 Å². The number of aryl methyl sites for hydroxylation is 1. The lowest BCUT2D eigenvalue weighted by molar-refractivity contribution is -0.118. The molecule has 2 aromatic rings. The molecule has 3 aliphatic rings. The number of sulfonamides is 1. The van der Waals surface area contributed by atoms with Crippen LogP contribution >= 0.6 is 11.3 Å². The molecule has 4 heterocycles. The second-order valence-electron chi connectivity index (χ2n) is 8.08. The molecule has 3 aliphatic heterocycles. The van der Waals surface area contributed by atoms with Gasteiger partial charge < -0.3 is 9.64 Å². The van der Waals surface area contributed by atoms with Gasteiger partial charge in [-0.1, -0.05) is 6.07 Å². The summed E-state index contributed by atoms with van der Waals surface area (Å²) in [4.78, 5) is 15.5. The van der Waals surface area contributed by atoms with Crippen LogP contribution in [0.4, 0.5) is 5.69 Å². The number of hydrogen-bond donors (Lipinski definition) is 1. The normalized spacial score (nSPS) is 20.7. The molecule has 0 unspecified atom stereocenters. The van der Waals surface area contributed by atoms with Crippen LogP contribution in [-0.2, 0) is 37.8 Å². The van der Waals surface area contributed by atoms with Crippen LogP contribution in [0.1, 0.15) is 35.3 Å². The molecule has 6 nitrogen and oxygen atoms in total. The van der Waals surface area contributed by atoms with Crippen molar-refractivity contribution in [2.24, 2.45) is 0 Å². The molecule has 0 spiro atoms. The Morgan fingerprint density at radius 2 is 1.90 bits per heavy atom. The summed E-state index contributed by atoms with van der Waals surface area (Å²) in [6.07, 6.45) is 3.39. The Kier molecular flexibility index (Phi) is 4.77. The predicted molar refractivity (Wildman–Crippen MR) is 112 cm³/mol. The van der Waals surface area contributed by atoms with Gasteiger partial charge in [-0.25, -0.2) is 13.1 Å². The Morgan fingerprint density at radius 3 is 2.62 bits per heavy atom. The van der Waals surface area contributed by atoms with Crippen LogP contribution in [0.2, 0.25) is 0 Å². The van der Waals surface area contributed by atoms with Gasteiger partial charge in [0.2, 0.25) is 15.9 Å². The summed E-state index contributed by atoms with van der Waals surface area (Å²) in [5.74, 6) is 0.141. The topological polar surface area (TPSA) is 75.7 Å². The van der Waals surface area contributed by atoms with E-state index in [2.05, 4.69) is 10.8 Å². The summed E-state index contributed by atoms with van der Waals surface area (Å²) >= 11 is 1.68. The highest BCUT2D eigenvalue weighted by atomic mass is 32.2. The Labute approximate surface area is 174 Å². The van der Waals surface area contributed by atoms with Crippen molar-refractivity contribution in [3.05, 3.63) is 45.6 Å². The summed E-state index contributed by atoms with van der Waals surface area (Å²) in [5.41, 5.74) is 2.67. The Balaban J connectivity index is 1.43. The minimum atomic E-state index is -3.64. The maximum absolute atomic E-state index is 13.2. The van der Waals surface area contributed by atoms with Crippen LogP contribution < -0.4 is 9.62 Å². The van der Waals surface area contributed by atoms with Crippen molar-refractivity contribution in [2.75, 3.05) is 31.2 Å². The number of carbonyl (C=O) groups excluding carboxylic acids is 1. The van der Waals surface area contributed by atoms with E-state index in [0.717, 1.165) is 29.7 Å². The van der Waals surface area contributed by atoms with Crippen molar-refractivity contribution < 1.29 is 17.9 Å². The SMILES string of the molecule is O=C1CCc2cc(S(=O)(=O)NCC3(c4cccs4)CCOCC3)cc3c2N1CC3. The molecule has 0 atom stereocenters. The average Bonchev–Trinajstić information content (AvgIpc) is 3.41. The third-order valence-electron chi connectivity index (χ3n) is 6.43. The van der Waals surface area contributed by atoms with Crippen molar-refractivity contribution in [2.45, 2.75) is 42.4 Å². The summed E-state index contributed by atoms with van der Waals surface area (Å²) in [6, 6.07) is 7.62. The van der Waals surface area contributed by atoms with E-state index < -0.39 is 10.0 Å². The average molecular weight is 433 g/mol. The molecule has 154 valence electrons. The zero-order valence-corrected chi connectivity index (χ0v) is 17.8.